The largest absolute Gasteiger partial charge is 0.500 e. The molecule has 15 heteroatoms. The fraction of sp³-hybridized carbons (Fsp3) is 1.00. The predicted molar refractivity (Wildman–Crippen MR) is 185 cm³/mol. The summed E-state index contributed by atoms with van der Waals surface area (Å²) in [5.74, 6) is 0.489. The zero-order valence-corrected chi connectivity index (χ0v) is 33.3. The van der Waals surface area contributed by atoms with Gasteiger partial charge < -0.3 is 39.8 Å². The molecule has 1 saturated heterocycles. The van der Waals surface area contributed by atoms with E-state index in [1.165, 1.54) is 0 Å². The van der Waals surface area contributed by atoms with Gasteiger partial charge in [-0.15, -0.1) is 0 Å². The third-order valence-corrected chi connectivity index (χ3v) is 16.9. The fourth-order valence-electron chi connectivity index (χ4n) is 6.01. The Labute approximate surface area is 279 Å². The number of nitrogens with one attached hydrogen (secondary N) is 1. The summed E-state index contributed by atoms with van der Waals surface area (Å²) in [6, 6.07) is 2.42. The van der Waals surface area contributed by atoms with Crippen LogP contribution in [0.3, 0.4) is 0 Å². The van der Waals surface area contributed by atoms with Crippen LogP contribution in [0.25, 0.3) is 0 Å². The first-order valence-corrected chi connectivity index (χ1v) is 23.6. The van der Waals surface area contributed by atoms with Crippen LogP contribution in [-0.4, -0.2) is 122 Å². The van der Waals surface area contributed by atoms with Crippen molar-refractivity contribution in [2.24, 2.45) is 5.92 Å². The quantitative estimate of drug-likeness (QED) is 0.0980. The number of hydrogen-bond acceptors (Lipinski definition) is 12. The summed E-state index contributed by atoms with van der Waals surface area (Å²) < 4.78 is 55.1. The Morgan fingerprint density at radius 1 is 0.444 bits per heavy atom. The zero-order valence-electron chi connectivity index (χ0n) is 30.3. The van der Waals surface area contributed by atoms with E-state index in [1.807, 2.05) is 62.3 Å². The zero-order chi connectivity index (χ0) is 33.4. The molecule has 0 spiro atoms. The van der Waals surface area contributed by atoms with Crippen molar-refractivity contribution in [2.45, 2.75) is 106 Å². The van der Waals surface area contributed by atoms with Gasteiger partial charge in [0, 0.05) is 104 Å². The minimum Gasteiger partial charge on any atom is -0.374 e. The van der Waals surface area contributed by atoms with E-state index in [0.717, 1.165) is 70.0 Å². The fourth-order valence-corrected chi connectivity index (χ4v) is 13.8. The lowest BCUT2D eigenvalue weighted by Gasteiger charge is -2.41. The molecule has 1 aliphatic rings. The first kappa shape index (κ1) is 43.2. The van der Waals surface area contributed by atoms with Gasteiger partial charge in [-0.05, 0) is 93.9 Å². The van der Waals surface area contributed by atoms with E-state index in [-0.39, 0.29) is 0 Å². The maximum absolute atomic E-state index is 6.13. The predicted octanol–water partition coefficient (Wildman–Crippen LogP) is 5.35. The van der Waals surface area contributed by atoms with Gasteiger partial charge in [-0.1, -0.05) is 0 Å². The SMILES string of the molecule is CCO[Si](CCCC1CN(CCC[Si](OCC)(OCC)OCC)NN(CCC[Si](OCC)(OCC)OCC)C1)(OCC)OCC. The lowest BCUT2D eigenvalue weighted by atomic mass is 10.0. The maximum Gasteiger partial charge on any atom is 0.500 e. The maximum atomic E-state index is 6.13. The van der Waals surface area contributed by atoms with Crippen LogP contribution in [0, 0.1) is 5.92 Å². The molecule has 0 aromatic heterocycles. The molecule has 270 valence electrons. The van der Waals surface area contributed by atoms with Gasteiger partial charge in [0.1, 0.15) is 0 Å². The van der Waals surface area contributed by atoms with Crippen LogP contribution in [0.5, 0.6) is 0 Å². The molecule has 1 N–H and O–H groups in total. The van der Waals surface area contributed by atoms with Crippen LogP contribution in [-0.2, 0) is 39.8 Å². The van der Waals surface area contributed by atoms with Gasteiger partial charge in [0.05, 0.1) is 0 Å². The Bertz CT molecular complexity index is 573. The average molecular weight is 700 g/mol. The highest BCUT2D eigenvalue weighted by Gasteiger charge is 2.42. The van der Waals surface area contributed by atoms with E-state index < -0.39 is 26.4 Å². The highest BCUT2D eigenvalue weighted by atomic mass is 28.4. The second-order valence-corrected chi connectivity index (χ2v) is 19.1. The molecule has 0 aromatic rings. The summed E-state index contributed by atoms with van der Waals surface area (Å²) in [5.41, 5.74) is 3.70. The topological polar surface area (TPSA) is 102 Å². The van der Waals surface area contributed by atoms with E-state index in [1.54, 1.807) is 0 Å². The van der Waals surface area contributed by atoms with Gasteiger partial charge in [0.2, 0.25) is 0 Å². The van der Waals surface area contributed by atoms with E-state index in [4.69, 9.17) is 39.8 Å². The summed E-state index contributed by atoms with van der Waals surface area (Å²) >= 11 is 0. The summed E-state index contributed by atoms with van der Waals surface area (Å²) in [6.45, 7) is 27.2. The van der Waals surface area contributed by atoms with Gasteiger partial charge in [0.15, 0.2) is 0 Å². The third-order valence-electron chi connectivity index (χ3n) is 7.44. The molecule has 1 rings (SSSR count). The number of hydrazine groups is 2. The van der Waals surface area contributed by atoms with Crippen molar-refractivity contribution in [3.8, 4) is 0 Å². The Balaban J connectivity index is 2.97. The molecular formula is C30H69N3O9Si3. The van der Waals surface area contributed by atoms with Gasteiger partial charge in [-0.2, -0.15) is 5.53 Å². The molecule has 45 heavy (non-hydrogen) atoms. The smallest absolute Gasteiger partial charge is 0.374 e. The lowest BCUT2D eigenvalue weighted by Crippen LogP contribution is -2.59. The van der Waals surface area contributed by atoms with Crippen molar-refractivity contribution in [3.63, 3.8) is 0 Å². The van der Waals surface area contributed by atoms with Gasteiger partial charge in [-0.25, -0.2) is 10.0 Å². The molecule has 0 aliphatic carbocycles. The van der Waals surface area contributed by atoms with Crippen LogP contribution >= 0.6 is 0 Å². The average Bonchev–Trinajstić information content (AvgIpc) is 2.98. The second kappa shape index (κ2) is 25.2. The van der Waals surface area contributed by atoms with Crippen molar-refractivity contribution in [1.29, 1.82) is 0 Å². The first-order chi connectivity index (χ1) is 21.8. The molecular weight excluding hydrogens is 631 g/mol. The van der Waals surface area contributed by atoms with Crippen molar-refractivity contribution in [3.05, 3.63) is 0 Å². The summed E-state index contributed by atoms with van der Waals surface area (Å²) in [6.07, 6.45) is 3.91. The van der Waals surface area contributed by atoms with Gasteiger partial charge in [0.25, 0.3) is 0 Å². The Kier molecular flexibility index (Phi) is 24.2. The van der Waals surface area contributed by atoms with Crippen molar-refractivity contribution < 1.29 is 39.8 Å². The van der Waals surface area contributed by atoms with Crippen molar-refractivity contribution >= 4 is 26.4 Å². The monoisotopic (exact) mass is 699 g/mol. The van der Waals surface area contributed by atoms with Crippen LogP contribution in [0.2, 0.25) is 18.1 Å². The molecule has 0 amide bonds. The van der Waals surface area contributed by atoms with E-state index >= 15 is 0 Å². The molecule has 0 bridgehead atoms. The van der Waals surface area contributed by atoms with Crippen molar-refractivity contribution in [2.75, 3.05) is 85.6 Å². The van der Waals surface area contributed by atoms with Crippen LogP contribution < -0.4 is 5.53 Å². The standard InChI is InChI=1S/C30H69N3O9Si3/c1-10-34-43(35-11-2,36-12-3)25-19-22-30-28-32(23-20-26-44(37-13-4,38-14-5)39-15-6)31-33(29-30)24-21-27-45(40-16-7,41-17-8)42-18-9/h30-31H,10-29H2,1-9H3. The van der Waals surface area contributed by atoms with Crippen LogP contribution in [0.1, 0.15) is 88.0 Å². The molecule has 0 radical (unpaired) electrons. The molecule has 12 nitrogen and oxygen atoms in total. The molecule has 0 aromatic carbocycles. The summed E-state index contributed by atoms with van der Waals surface area (Å²) in [5, 5.41) is 4.71. The molecule has 1 aliphatic heterocycles. The van der Waals surface area contributed by atoms with Gasteiger partial charge in [-0.3, -0.25) is 0 Å². The highest BCUT2D eigenvalue weighted by Crippen LogP contribution is 2.25. The molecule has 1 heterocycles. The molecule has 0 unspecified atom stereocenters. The molecule has 1 fully saturated rings. The lowest BCUT2D eigenvalue weighted by molar-refractivity contribution is -0.0467. The Morgan fingerprint density at radius 2 is 0.711 bits per heavy atom. The highest BCUT2D eigenvalue weighted by molar-refractivity contribution is 6.61. The Morgan fingerprint density at radius 3 is 0.978 bits per heavy atom. The minimum atomic E-state index is -2.69. The molecule has 0 saturated carbocycles. The van der Waals surface area contributed by atoms with E-state index in [0.29, 0.717) is 65.4 Å². The Hall–Kier alpha value is 0.171. The number of rotatable bonds is 30. The second-order valence-electron chi connectivity index (χ2n) is 10.9. The summed E-state index contributed by atoms with van der Waals surface area (Å²) in [7, 11) is -8.04. The molecule has 0 atom stereocenters. The van der Waals surface area contributed by atoms with Gasteiger partial charge >= 0.3 is 26.4 Å². The number of hydrogen-bond donors (Lipinski definition) is 1. The van der Waals surface area contributed by atoms with E-state index in [9.17, 15) is 0 Å². The third kappa shape index (κ3) is 16.4. The number of nitrogens with zero attached hydrogens (tertiary/aromatic N) is 2. The van der Waals surface area contributed by atoms with Crippen LogP contribution in [0.15, 0.2) is 0 Å². The first-order valence-electron chi connectivity index (χ1n) is 17.8. The van der Waals surface area contributed by atoms with E-state index in [2.05, 4.69) is 15.6 Å². The van der Waals surface area contributed by atoms with Crippen molar-refractivity contribution in [1.82, 2.24) is 15.6 Å². The summed E-state index contributed by atoms with van der Waals surface area (Å²) in [4.78, 5) is 0. The normalized spacial score (nSPS) is 16.2. The minimum absolute atomic E-state index is 0.489. The van der Waals surface area contributed by atoms with Crippen LogP contribution in [0.4, 0.5) is 0 Å².